The Morgan fingerprint density at radius 3 is 1.00 bits per heavy atom. The number of hydrogen-bond acceptors (Lipinski definition) is 7. The topological polar surface area (TPSA) is 152 Å². The smallest absolute Gasteiger partial charge is 0.384 e. The van der Waals surface area contributed by atoms with Crippen LogP contribution in [0.25, 0.3) is 0 Å². The fourth-order valence-electron chi connectivity index (χ4n) is 0.774. The minimum atomic E-state index is -7.09. The molecule has 148 valence electrons. The lowest BCUT2D eigenvalue weighted by atomic mass is 10.3. The largest absolute Gasteiger partial charge is 0.443 e. The van der Waals surface area contributed by atoms with Crippen LogP contribution >= 0.6 is 0 Å². The Morgan fingerprint density at radius 2 is 0.840 bits per heavy atom. The third-order valence-corrected chi connectivity index (χ3v) is 3.89. The summed E-state index contributed by atoms with van der Waals surface area (Å²) in [5.41, 5.74) is 0. The van der Waals surface area contributed by atoms with Gasteiger partial charge < -0.3 is 4.74 Å². The van der Waals surface area contributed by atoms with E-state index in [1.165, 1.54) is 0 Å². The summed E-state index contributed by atoms with van der Waals surface area (Å²) >= 11 is 0. The Labute approximate surface area is 131 Å². The van der Waals surface area contributed by atoms with Gasteiger partial charge in [0.2, 0.25) is 0 Å². The Kier molecular flexibility index (Phi) is 5.60. The monoisotopic (exact) mass is 434 g/mol. The molecule has 0 bridgehead atoms. The van der Waals surface area contributed by atoms with Gasteiger partial charge in [-0.2, -0.15) is 52.0 Å². The molecule has 0 saturated carbocycles. The number of esters is 2. The molecule has 0 fully saturated rings. The molecule has 0 radical (unpaired) electrons. The van der Waals surface area contributed by atoms with Crippen molar-refractivity contribution >= 4 is 32.2 Å². The molecule has 0 aliphatic carbocycles. The number of alkyl halides is 8. The molecule has 25 heavy (non-hydrogen) atoms. The molecule has 0 aromatic rings. The van der Waals surface area contributed by atoms with Crippen LogP contribution in [0.4, 0.5) is 35.1 Å². The van der Waals surface area contributed by atoms with Gasteiger partial charge in [0.25, 0.3) is 0 Å². The van der Waals surface area contributed by atoms with E-state index in [4.69, 9.17) is 9.11 Å². The average Bonchev–Trinajstić information content (AvgIpc) is 2.34. The number of ether oxygens (including phenoxy) is 1. The summed E-state index contributed by atoms with van der Waals surface area (Å²) in [6, 6.07) is 0. The van der Waals surface area contributed by atoms with Gasteiger partial charge in [-0.1, -0.05) is 0 Å². The summed E-state index contributed by atoms with van der Waals surface area (Å²) in [6.07, 6.45) is 0. The molecule has 0 atom stereocenters. The first kappa shape index (κ1) is 23.4. The van der Waals surface area contributed by atoms with Crippen molar-refractivity contribution in [3.63, 3.8) is 0 Å². The summed E-state index contributed by atoms with van der Waals surface area (Å²) < 4.78 is 160. The quantitative estimate of drug-likeness (QED) is 0.260. The first-order chi connectivity index (χ1) is 10.5. The van der Waals surface area contributed by atoms with Crippen molar-refractivity contribution in [1.82, 2.24) is 0 Å². The first-order valence-corrected chi connectivity index (χ1v) is 7.65. The van der Waals surface area contributed by atoms with Crippen molar-refractivity contribution in [2.45, 2.75) is 22.4 Å². The van der Waals surface area contributed by atoms with Gasteiger partial charge in [-0.05, 0) is 0 Å². The Morgan fingerprint density at radius 1 is 0.640 bits per heavy atom. The molecule has 0 unspecified atom stereocenters. The fourth-order valence-corrected chi connectivity index (χ4v) is 1.59. The third kappa shape index (κ3) is 3.67. The minimum Gasteiger partial charge on any atom is -0.384 e. The highest BCUT2D eigenvalue weighted by Gasteiger charge is 2.75. The zero-order valence-electron chi connectivity index (χ0n) is 10.6. The van der Waals surface area contributed by atoms with Gasteiger partial charge in [0.05, 0.1) is 0 Å². The highest BCUT2D eigenvalue weighted by Crippen LogP contribution is 2.42. The second-order valence-electron chi connectivity index (χ2n) is 3.81. The van der Waals surface area contributed by atoms with Crippen LogP contribution in [0.1, 0.15) is 0 Å². The molecule has 0 saturated heterocycles. The maximum atomic E-state index is 12.9. The molecule has 0 aliphatic heterocycles. The molecular formula is C6H2F8O9S2. The Balaban J connectivity index is 5.84. The van der Waals surface area contributed by atoms with Crippen LogP contribution in [-0.4, -0.2) is 60.2 Å². The third-order valence-electron chi connectivity index (χ3n) is 2.08. The standard InChI is InChI=1S/C6H2F8O9S2/c7-3(8,5(11,12)24(17,18)19)1(15)23-2(16)4(9,10)6(13,14)25(20,21)22/h(H,17,18,19)(H,20,21,22). The molecular weight excluding hydrogens is 432 g/mol. The Bertz CT molecular complexity index is 717. The van der Waals surface area contributed by atoms with Gasteiger partial charge in [-0.25, -0.2) is 9.59 Å². The zero-order valence-corrected chi connectivity index (χ0v) is 12.2. The molecule has 0 aromatic heterocycles. The molecule has 0 rings (SSSR count). The minimum absolute atomic E-state index is 2.25. The van der Waals surface area contributed by atoms with Gasteiger partial charge >= 0.3 is 54.5 Å². The van der Waals surface area contributed by atoms with Crippen LogP contribution in [0.5, 0.6) is 0 Å². The van der Waals surface area contributed by atoms with Crippen molar-refractivity contribution in [2.24, 2.45) is 0 Å². The molecule has 0 aromatic carbocycles. The second kappa shape index (κ2) is 5.99. The van der Waals surface area contributed by atoms with Crippen LogP contribution in [0.3, 0.4) is 0 Å². The Hall–Kier alpha value is -1.60. The van der Waals surface area contributed by atoms with E-state index < -0.39 is 54.5 Å². The van der Waals surface area contributed by atoms with E-state index >= 15 is 0 Å². The van der Waals surface area contributed by atoms with Crippen molar-refractivity contribution in [3.8, 4) is 0 Å². The number of hydrogen-bond donors (Lipinski definition) is 2. The van der Waals surface area contributed by atoms with E-state index in [0.29, 0.717) is 0 Å². The number of rotatable bonds is 6. The summed E-state index contributed by atoms with van der Waals surface area (Å²) in [6.45, 7) is 0. The van der Waals surface area contributed by atoms with Crippen molar-refractivity contribution in [1.29, 1.82) is 0 Å². The van der Waals surface area contributed by atoms with Crippen LogP contribution in [0.2, 0.25) is 0 Å². The first-order valence-electron chi connectivity index (χ1n) is 4.77. The normalized spacial score (nSPS) is 15.0. The molecule has 0 spiro atoms. The van der Waals surface area contributed by atoms with Crippen molar-refractivity contribution in [2.75, 3.05) is 0 Å². The highest BCUT2D eigenvalue weighted by molar-refractivity contribution is 7.87. The predicted molar refractivity (Wildman–Crippen MR) is 54.0 cm³/mol. The van der Waals surface area contributed by atoms with Gasteiger partial charge in [-0.3, -0.25) is 9.11 Å². The average molecular weight is 434 g/mol. The molecule has 0 aliphatic rings. The van der Waals surface area contributed by atoms with E-state index in [0.717, 1.165) is 0 Å². The SMILES string of the molecule is O=C(OC(=O)C(F)(F)C(F)(F)S(=O)(=O)O)C(F)(F)C(F)(F)S(=O)(=O)O. The maximum absolute atomic E-state index is 12.9. The van der Waals surface area contributed by atoms with E-state index in [1.54, 1.807) is 0 Å². The van der Waals surface area contributed by atoms with Gasteiger partial charge in [0, 0.05) is 0 Å². The molecule has 0 heterocycles. The molecule has 2 N–H and O–H groups in total. The predicted octanol–water partition coefficient (Wildman–Crippen LogP) is 0.288. The van der Waals surface area contributed by atoms with Crippen molar-refractivity contribution in [3.05, 3.63) is 0 Å². The molecule has 0 amide bonds. The number of carbonyl (C=O) groups excluding carboxylic acids is 2. The van der Waals surface area contributed by atoms with Gasteiger partial charge in [0.15, 0.2) is 0 Å². The molecule has 9 nitrogen and oxygen atoms in total. The van der Waals surface area contributed by atoms with Crippen LogP contribution in [0.15, 0.2) is 0 Å². The summed E-state index contributed by atoms with van der Waals surface area (Å²) in [7, 11) is -14.2. The van der Waals surface area contributed by atoms with E-state index in [-0.39, 0.29) is 0 Å². The van der Waals surface area contributed by atoms with Crippen molar-refractivity contribution < 1.29 is 75.4 Å². The van der Waals surface area contributed by atoms with Crippen LogP contribution < -0.4 is 0 Å². The van der Waals surface area contributed by atoms with Gasteiger partial charge in [-0.15, -0.1) is 0 Å². The van der Waals surface area contributed by atoms with E-state index in [1.807, 2.05) is 0 Å². The van der Waals surface area contributed by atoms with Gasteiger partial charge in [0.1, 0.15) is 0 Å². The maximum Gasteiger partial charge on any atom is 0.443 e. The molecule has 19 heteroatoms. The zero-order chi connectivity index (χ0) is 20.9. The van der Waals surface area contributed by atoms with Crippen LogP contribution in [-0.2, 0) is 34.6 Å². The highest BCUT2D eigenvalue weighted by atomic mass is 32.2. The summed E-state index contributed by atoms with van der Waals surface area (Å²) in [5.74, 6) is -21.8. The van der Waals surface area contributed by atoms with Crippen LogP contribution in [0, 0.1) is 0 Å². The van der Waals surface area contributed by atoms with E-state index in [9.17, 15) is 61.5 Å². The lowest BCUT2D eigenvalue weighted by Gasteiger charge is -2.24. The number of halogens is 8. The number of carbonyl (C=O) groups is 2. The second-order valence-corrected chi connectivity index (χ2v) is 6.74. The summed E-state index contributed by atoms with van der Waals surface area (Å²) in [5, 5.41) is -13.5. The van der Waals surface area contributed by atoms with E-state index in [2.05, 4.69) is 4.74 Å². The fraction of sp³-hybridized carbons (Fsp3) is 0.667. The summed E-state index contributed by atoms with van der Waals surface area (Å²) in [4.78, 5) is 21.1. The lowest BCUT2D eigenvalue weighted by Crippen LogP contribution is -2.57. The lowest BCUT2D eigenvalue weighted by molar-refractivity contribution is -0.224.